The number of fused-ring (bicyclic) bond motifs is 2. The number of hydrogen-bond acceptors (Lipinski definition) is 4. The molecule has 3 saturated heterocycles. The van der Waals surface area contributed by atoms with Gasteiger partial charge in [0.1, 0.15) is 11.1 Å². The molecule has 3 heterocycles. The van der Waals surface area contributed by atoms with Crippen molar-refractivity contribution in [3.05, 3.63) is 35.6 Å². The predicted molar refractivity (Wildman–Crippen MR) is 96.2 cm³/mol. The number of benzene rings is 1. The molecule has 0 aromatic heterocycles. The van der Waals surface area contributed by atoms with Gasteiger partial charge in [0.15, 0.2) is 0 Å². The van der Waals surface area contributed by atoms with Gasteiger partial charge in [0.05, 0.1) is 0 Å². The highest BCUT2D eigenvalue weighted by Crippen LogP contribution is 2.44. The topological polar surface area (TPSA) is 57.7 Å². The quantitative estimate of drug-likeness (QED) is 0.813. The summed E-state index contributed by atoms with van der Waals surface area (Å²) < 4.78 is 13.2. The lowest BCUT2D eigenvalue weighted by molar-refractivity contribution is -0.138. The molecule has 3 aliphatic rings. The Labute approximate surface area is 155 Å². The van der Waals surface area contributed by atoms with Gasteiger partial charge in [0.2, 0.25) is 11.8 Å². The molecule has 1 aromatic carbocycles. The van der Waals surface area contributed by atoms with Crippen molar-refractivity contribution < 1.29 is 18.8 Å². The van der Waals surface area contributed by atoms with Crippen LogP contribution in [0.4, 0.5) is 9.18 Å². The Morgan fingerprint density at radius 2 is 1.77 bits per heavy atom. The summed E-state index contributed by atoms with van der Waals surface area (Å²) >= 11 is 0.950. The van der Waals surface area contributed by atoms with Crippen LogP contribution in [0.5, 0.6) is 0 Å². The molecule has 3 fully saturated rings. The lowest BCUT2D eigenvalue weighted by Gasteiger charge is -2.39. The van der Waals surface area contributed by atoms with E-state index in [0.717, 1.165) is 47.9 Å². The Kier molecular flexibility index (Phi) is 4.50. The minimum Gasteiger partial charge on any atom is -0.337 e. The molecular weight excluding hydrogens is 355 g/mol. The van der Waals surface area contributed by atoms with Crippen LogP contribution in [0, 0.1) is 5.82 Å². The molecule has 3 amide bonds. The summed E-state index contributed by atoms with van der Waals surface area (Å²) in [4.78, 5) is 39.6. The first-order valence-corrected chi connectivity index (χ1v) is 9.87. The molecule has 2 bridgehead atoms. The fourth-order valence-electron chi connectivity index (χ4n) is 4.54. The summed E-state index contributed by atoms with van der Waals surface area (Å²) in [6.07, 6.45) is 3.78. The Bertz CT molecular complexity index is 740. The number of piperidine rings is 1. The van der Waals surface area contributed by atoms with Crippen LogP contribution in [-0.2, 0) is 9.59 Å². The van der Waals surface area contributed by atoms with Crippen LogP contribution in [0.2, 0.25) is 0 Å². The highest BCUT2D eigenvalue weighted by Gasteiger charge is 2.46. The molecule has 1 aromatic rings. The van der Waals surface area contributed by atoms with Gasteiger partial charge < -0.3 is 4.90 Å². The van der Waals surface area contributed by atoms with E-state index in [-0.39, 0.29) is 41.4 Å². The molecule has 3 atom stereocenters. The van der Waals surface area contributed by atoms with E-state index in [4.69, 9.17) is 0 Å². The van der Waals surface area contributed by atoms with Gasteiger partial charge in [-0.15, -0.1) is 0 Å². The molecule has 26 heavy (non-hydrogen) atoms. The van der Waals surface area contributed by atoms with Gasteiger partial charge in [-0.05, 0) is 49.3 Å². The molecular formula is C19H21FN2O3S. The molecule has 0 unspecified atom stereocenters. The van der Waals surface area contributed by atoms with Gasteiger partial charge in [0.25, 0.3) is 5.24 Å². The summed E-state index contributed by atoms with van der Waals surface area (Å²) in [6.45, 7) is 0. The van der Waals surface area contributed by atoms with Crippen molar-refractivity contribution in [2.75, 3.05) is 7.05 Å². The van der Waals surface area contributed by atoms with Gasteiger partial charge in [-0.1, -0.05) is 23.9 Å². The van der Waals surface area contributed by atoms with Crippen molar-refractivity contribution in [1.29, 1.82) is 0 Å². The number of amides is 3. The summed E-state index contributed by atoms with van der Waals surface area (Å²) in [5.74, 6) is -0.194. The van der Waals surface area contributed by atoms with Crippen molar-refractivity contribution in [1.82, 2.24) is 9.80 Å². The molecule has 0 spiro atoms. The van der Waals surface area contributed by atoms with E-state index in [9.17, 15) is 18.8 Å². The smallest absolute Gasteiger partial charge is 0.288 e. The van der Waals surface area contributed by atoms with E-state index in [1.165, 1.54) is 19.2 Å². The van der Waals surface area contributed by atoms with Gasteiger partial charge in [-0.2, -0.15) is 0 Å². The van der Waals surface area contributed by atoms with Crippen LogP contribution < -0.4 is 0 Å². The van der Waals surface area contributed by atoms with Crippen molar-refractivity contribution in [3.63, 3.8) is 0 Å². The van der Waals surface area contributed by atoms with Gasteiger partial charge in [0, 0.05) is 25.6 Å². The Hall–Kier alpha value is -1.89. The van der Waals surface area contributed by atoms with Crippen LogP contribution in [-0.4, -0.2) is 51.2 Å². The maximum atomic E-state index is 13.2. The highest BCUT2D eigenvalue weighted by atomic mass is 32.2. The lowest BCUT2D eigenvalue weighted by Crippen LogP contribution is -2.47. The summed E-state index contributed by atoms with van der Waals surface area (Å²) in [7, 11) is 1.46. The van der Waals surface area contributed by atoms with Crippen LogP contribution in [0.1, 0.15) is 43.6 Å². The summed E-state index contributed by atoms with van der Waals surface area (Å²) in [5, 5.41) is -0.875. The minimum atomic E-state index is -0.589. The van der Waals surface area contributed by atoms with Crippen molar-refractivity contribution in [2.45, 2.75) is 55.4 Å². The second-order valence-electron chi connectivity index (χ2n) is 7.38. The number of nitrogens with zero attached hydrogens (tertiary/aromatic N) is 2. The molecule has 4 rings (SSSR count). The van der Waals surface area contributed by atoms with Crippen molar-refractivity contribution in [2.24, 2.45) is 0 Å². The zero-order valence-corrected chi connectivity index (χ0v) is 15.4. The van der Waals surface area contributed by atoms with E-state index >= 15 is 0 Å². The number of carbonyl (C=O) groups is 3. The third kappa shape index (κ3) is 3.02. The normalized spacial score (nSPS) is 31.0. The molecule has 0 aliphatic carbocycles. The molecule has 7 heteroatoms. The van der Waals surface area contributed by atoms with Gasteiger partial charge in [-0.25, -0.2) is 4.39 Å². The van der Waals surface area contributed by atoms with Crippen LogP contribution in [0.3, 0.4) is 0 Å². The zero-order valence-electron chi connectivity index (χ0n) is 14.6. The number of carbonyl (C=O) groups excluding carboxylic acids is 3. The first kappa shape index (κ1) is 17.5. The van der Waals surface area contributed by atoms with Crippen LogP contribution in [0.15, 0.2) is 24.3 Å². The third-order valence-corrected chi connectivity index (χ3v) is 6.97. The SMILES string of the molecule is CN1C(=O)S[C@@H](CC(=O)N2[C@H]3CC[C@H]2CC(c2ccc(F)cc2)C3)C1=O. The average molecular weight is 376 g/mol. The summed E-state index contributed by atoms with van der Waals surface area (Å²) in [6, 6.07) is 7.01. The van der Waals surface area contributed by atoms with E-state index in [2.05, 4.69) is 0 Å². The standard InChI is InChI=1S/C19H21FN2O3S/c1-21-18(24)16(26-19(21)25)10-17(23)22-14-6-7-15(22)9-12(8-14)11-2-4-13(20)5-3-11/h2-5,12,14-16H,6-10H2,1H3/t14-,15-,16-/m0/s1. The van der Waals surface area contributed by atoms with E-state index in [1.807, 2.05) is 17.0 Å². The molecule has 5 nitrogen and oxygen atoms in total. The lowest BCUT2D eigenvalue weighted by atomic mass is 9.85. The fraction of sp³-hybridized carbons (Fsp3) is 0.526. The molecule has 0 radical (unpaired) electrons. The number of imide groups is 1. The predicted octanol–water partition coefficient (Wildman–Crippen LogP) is 3.15. The maximum absolute atomic E-state index is 13.2. The van der Waals surface area contributed by atoms with E-state index in [0.29, 0.717) is 5.92 Å². The first-order chi connectivity index (χ1) is 12.4. The fourth-order valence-corrected chi connectivity index (χ4v) is 5.52. The Balaban J connectivity index is 1.43. The molecule has 0 saturated carbocycles. The number of rotatable bonds is 3. The highest BCUT2D eigenvalue weighted by molar-refractivity contribution is 8.15. The average Bonchev–Trinajstić information content (AvgIpc) is 3.02. The van der Waals surface area contributed by atoms with E-state index < -0.39 is 5.25 Å². The van der Waals surface area contributed by atoms with Gasteiger partial charge >= 0.3 is 0 Å². The summed E-state index contributed by atoms with van der Waals surface area (Å²) in [5.41, 5.74) is 1.13. The molecule has 0 N–H and O–H groups in total. The van der Waals surface area contributed by atoms with Gasteiger partial charge in [-0.3, -0.25) is 19.3 Å². The number of hydrogen-bond donors (Lipinski definition) is 0. The zero-order chi connectivity index (χ0) is 18.4. The monoisotopic (exact) mass is 376 g/mol. The third-order valence-electron chi connectivity index (χ3n) is 5.85. The minimum absolute atomic E-state index is 0.0241. The largest absolute Gasteiger partial charge is 0.337 e. The number of thioether (sulfide) groups is 1. The molecule has 138 valence electrons. The van der Waals surface area contributed by atoms with Crippen molar-refractivity contribution >= 4 is 28.8 Å². The van der Waals surface area contributed by atoms with Crippen LogP contribution >= 0.6 is 11.8 Å². The molecule has 3 aliphatic heterocycles. The van der Waals surface area contributed by atoms with Crippen molar-refractivity contribution in [3.8, 4) is 0 Å². The van der Waals surface area contributed by atoms with E-state index in [1.54, 1.807) is 0 Å². The van der Waals surface area contributed by atoms with Crippen LogP contribution in [0.25, 0.3) is 0 Å². The maximum Gasteiger partial charge on any atom is 0.288 e. The number of halogens is 1. The Morgan fingerprint density at radius 3 is 2.31 bits per heavy atom. The second kappa shape index (κ2) is 6.68. The Morgan fingerprint density at radius 1 is 1.15 bits per heavy atom. The second-order valence-corrected chi connectivity index (χ2v) is 8.53. The first-order valence-electron chi connectivity index (χ1n) is 8.99.